The average molecular weight is 456 g/mol. The normalized spacial score (nSPS) is 42.1. The Balaban J connectivity index is 1.21. The highest BCUT2D eigenvalue weighted by Gasteiger charge is 2.51. The summed E-state index contributed by atoms with van der Waals surface area (Å²) in [6.45, 7) is 13.4. The molecule has 5 aliphatic rings. The summed E-state index contributed by atoms with van der Waals surface area (Å²) in [7, 11) is 0. The highest BCUT2D eigenvalue weighted by Crippen LogP contribution is 2.59. The van der Waals surface area contributed by atoms with Gasteiger partial charge in [-0.3, -0.25) is 4.90 Å². The minimum absolute atomic E-state index is 0.237. The summed E-state index contributed by atoms with van der Waals surface area (Å²) in [6, 6.07) is 0. The lowest BCUT2D eigenvalue weighted by Gasteiger charge is -2.45. The van der Waals surface area contributed by atoms with Crippen LogP contribution in [-0.2, 0) is 4.74 Å². The summed E-state index contributed by atoms with van der Waals surface area (Å²) in [5, 5.41) is 20.4. The van der Waals surface area contributed by atoms with Crippen LogP contribution in [0.25, 0.3) is 0 Å². The maximum absolute atomic E-state index is 10.2. The molecule has 6 atom stereocenters. The lowest BCUT2D eigenvalue weighted by atomic mass is 9.61. The SMILES string of the molecule is C=C1[C@H](O)CC(=C/C=C2\CCC[C@]3(C)[C@@H]([C@H](C)CCN4CCOC5(CC5)C4)CC[C@@H]23)C[C@@H]1O. The standard InChI is InChI=1S/C29H45NO3/c1-20(10-14-30-15-16-33-29(19-30)12-13-29)24-8-9-25-23(5-4-11-28(24,25)3)7-6-22-17-26(31)21(2)27(32)18-22/h6-7,20,24-27,31-32H,2,4-5,8-19H2,1,3H3/b22-6?,23-7+/t20-,24-,25+,26-,27+,28-/m1/s1. The number of morpholine rings is 1. The second-order valence-corrected chi connectivity index (χ2v) is 12.3. The van der Waals surface area contributed by atoms with Crippen molar-refractivity contribution < 1.29 is 14.9 Å². The van der Waals surface area contributed by atoms with Crippen LogP contribution in [0.15, 0.2) is 35.5 Å². The van der Waals surface area contributed by atoms with Crippen LogP contribution in [-0.4, -0.2) is 59.2 Å². The molecule has 0 aromatic rings. The Hall–Kier alpha value is -0.940. The molecule has 0 radical (unpaired) electrons. The lowest BCUT2D eigenvalue weighted by molar-refractivity contribution is -0.0483. The smallest absolute Gasteiger partial charge is 0.0811 e. The summed E-state index contributed by atoms with van der Waals surface area (Å²) < 4.78 is 6.01. The second-order valence-electron chi connectivity index (χ2n) is 12.3. The molecule has 33 heavy (non-hydrogen) atoms. The van der Waals surface area contributed by atoms with Gasteiger partial charge in [-0.05, 0) is 99.5 Å². The molecule has 5 rings (SSSR count). The van der Waals surface area contributed by atoms with E-state index in [1.807, 2.05) is 0 Å². The van der Waals surface area contributed by atoms with E-state index in [1.165, 1.54) is 57.9 Å². The Morgan fingerprint density at radius 3 is 2.64 bits per heavy atom. The van der Waals surface area contributed by atoms with Crippen molar-refractivity contribution in [3.63, 3.8) is 0 Å². The van der Waals surface area contributed by atoms with Crippen LogP contribution >= 0.6 is 0 Å². The van der Waals surface area contributed by atoms with Crippen LogP contribution in [0.4, 0.5) is 0 Å². The number of hydrogen-bond donors (Lipinski definition) is 2. The quantitative estimate of drug-likeness (QED) is 0.572. The molecule has 0 bridgehead atoms. The minimum Gasteiger partial charge on any atom is -0.388 e. The molecule has 4 aliphatic carbocycles. The molecule has 1 aliphatic heterocycles. The summed E-state index contributed by atoms with van der Waals surface area (Å²) in [5.74, 6) is 2.28. The highest BCUT2D eigenvalue weighted by molar-refractivity contribution is 5.29. The van der Waals surface area contributed by atoms with E-state index in [-0.39, 0.29) is 5.60 Å². The van der Waals surface area contributed by atoms with Gasteiger partial charge in [0, 0.05) is 13.1 Å². The molecule has 0 aromatic heterocycles. The van der Waals surface area contributed by atoms with Gasteiger partial charge in [0.2, 0.25) is 0 Å². The predicted octanol–water partition coefficient (Wildman–Crippen LogP) is 5.02. The zero-order valence-corrected chi connectivity index (χ0v) is 20.9. The molecule has 4 heteroatoms. The van der Waals surface area contributed by atoms with Crippen LogP contribution in [0.2, 0.25) is 0 Å². The number of aliphatic hydroxyl groups is 2. The summed E-state index contributed by atoms with van der Waals surface area (Å²) in [5.41, 5.74) is 4.00. The van der Waals surface area contributed by atoms with Crippen LogP contribution in [0.1, 0.15) is 78.1 Å². The molecular formula is C29H45NO3. The van der Waals surface area contributed by atoms with E-state index in [4.69, 9.17) is 4.74 Å². The summed E-state index contributed by atoms with van der Waals surface area (Å²) in [4.78, 5) is 2.67. The van der Waals surface area contributed by atoms with E-state index >= 15 is 0 Å². The van der Waals surface area contributed by atoms with Crippen molar-refractivity contribution in [2.75, 3.05) is 26.2 Å². The van der Waals surface area contributed by atoms with E-state index in [0.717, 1.165) is 37.1 Å². The molecule has 5 fully saturated rings. The molecule has 4 saturated carbocycles. The fourth-order valence-corrected chi connectivity index (χ4v) is 7.78. The van der Waals surface area contributed by atoms with Crippen LogP contribution in [0.3, 0.4) is 0 Å². The average Bonchev–Trinajstić information content (AvgIpc) is 3.42. The first-order chi connectivity index (χ1) is 15.8. The molecule has 0 aromatic carbocycles. The first-order valence-corrected chi connectivity index (χ1v) is 13.6. The molecule has 0 unspecified atom stereocenters. The summed E-state index contributed by atoms with van der Waals surface area (Å²) in [6.07, 6.45) is 15.0. The maximum Gasteiger partial charge on any atom is 0.0811 e. The number of allylic oxidation sites excluding steroid dienone is 3. The predicted molar refractivity (Wildman–Crippen MR) is 133 cm³/mol. The van der Waals surface area contributed by atoms with E-state index in [1.54, 1.807) is 5.57 Å². The van der Waals surface area contributed by atoms with Crippen molar-refractivity contribution in [3.8, 4) is 0 Å². The number of ether oxygens (including phenoxy) is 1. The Bertz CT molecular complexity index is 796. The molecular weight excluding hydrogens is 410 g/mol. The number of aliphatic hydroxyl groups excluding tert-OH is 2. The Morgan fingerprint density at radius 2 is 1.91 bits per heavy atom. The number of fused-ring (bicyclic) bond motifs is 1. The Kier molecular flexibility index (Phi) is 6.67. The molecule has 184 valence electrons. The zero-order valence-electron chi connectivity index (χ0n) is 20.9. The molecule has 4 nitrogen and oxygen atoms in total. The van der Waals surface area contributed by atoms with Crippen LogP contribution in [0.5, 0.6) is 0 Å². The monoisotopic (exact) mass is 455 g/mol. The van der Waals surface area contributed by atoms with Gasteiger partial charge in [-0.2, -0.15) is 0 Å². The molecule has 1 spiro atoms. The molecule has 2 N–H and O–H groups in total. The lowest BCUT2D eigenvalue weighted by Crippen LogP contribution is -2.45. The topological polar surface area (TPSA) is 52.9 Å². The van der Waals surface area contributed by atoms with Gasteiger partial charge in [-0.15, -0.1) is 0 Å². The fraction of sp³-hybridized carbons (Fsp3) is 0.793. The van der Waals surface area contributed by atoms with Gasteiger partial charge < -0.3 is 14.9 Å². The third-order valence-electron chi connectivity index (χ3n) is 10.1. The van der Waals surface area contributed by atoms with Gasteiger partial charge in [-0.1, -0.05) is 43.7 Å². The van der Waals surface area contributed by atoms with Gasteiger partial charge >= 0.3 is 0 Å². The van der Waals surface area contributed by atoms with Gasteiger partial charge in [0.05, 0.1) is 24.4 Å². The minimum atomic E-state index is -0.604. The van der Waals surface area contributed by atoms with Crippen molar-refractivity contribution in [2.45, 2.75) is 95.9 Å². The first kappa shape index (κ1) is 23.8. The number of hydrogen-bond acceptors (Lipinski definition) is 4. The Morgan fingerprint density at radius 1 is 1.15 bits per heavy atom. The maximum atomic E-state index is 10.2. The van der Waals surface area contributed by atoms with Crippen LogP contribution < -0.4 is 0 Å². The first-order valence-electron chi connectivity index (χ1n) is 13.6. The van der Waals surface area contributed by atoms with Gasteiger partial charge in [0.15, 0.2) is 0 Å². The summed E-state index contributed by atoms with van der Waals surface area (Å²) >= 11 is 0. The van der Waals surface area contributed by atoms with Crippen LogP contribution in [0, 0.1) is 23.2 Å². The van der Waals surface area contributed by atoms with E-state index in [2.05, 4.69) is 37.5 Å². The van der Waals surface area contributed by atoms with Crippen molar-refractivity contribution in [1.29, 1.82) is 0 Å². The number of nitrogens with zero attached hydrogens (tertiary/aromatic N) is 1. The Labute approximate surface area is 200 Å². The van der Waals surface area contributed by atoms with Crippen molar-refractivity contribution in [2.24, 2.45) is 23.2 Å². The third kappa shape index (κ3) is 4.78. The number of rotatable bonds is 5. The third-order valence-corrected chi connectivity index (χ3v) is 10.1. The molecule has 1 heterocycles. The van der Waals surface area contributed by atoms with E-state index in [0.29, 0.717) is 29.7 Å². The van der Waals surface area contributed by atoms with Crippen molar-refractivity contribution in [1.82, 2.24) is 4.90 Å². The molecule has 1 saturated heterocycles. The highest BCUT2D eigenvalue weighted by atomic mass is 16.5. The van der Waals surface area contributed by atoms with Gasteiger partial charge in [0.1, 0.15) is 0 Å². The van der Waals surface area contributed by atoms with Gasteiger partial charge in [-0.25, -0.2) is 0 Å². The van der Waals surface area contributed by atoms with Crippen molar-refractivity contribution in [3.05, 3.63) is 35.5 Å². The fourth-order valence-electron chi connectivity index (χ4n) is 7.78. The molecule has 0 amide bonds. The zero-order chi connectivity index (χ0) is 23.2. The van der Waals surface area contributed by atoms with Gasteiger partial charge in [0.25, 0.3) is 0 Å². The van der Waals surface area contributed by atoms with E-state index < -0.39 is 12.2 Å². The largest absolute Gasteiger partial charge is 0.388 e. The van der Waals surface area contributed by atoms with E-state index in [9.17, 15) is 10.2 Å². The van der Waals surface area contributed by atoms with Crippen molar-refractivity contribution >= 4 is 0 Å². The second kappa shape index (κ2) is 9.26.